The zero-order valence-corrected chi connectivity index (χ0v) is 23.6. The highest BCUT2D eigenvalue weighted by atomic mass is 32.2. The highest BCUT2D eigenvalue weighted by Crippen LogP contribution is 2.52. The number of nitro benzene ring substituents is 1. The topological polar surface area (TPSA) is 152 Å². The number of thioether (sulfide) groups is 1. The molecule has 2 aromatic rings. The Kier molecular flexibility index (Phi) is 7.84. The van der Waals surface area contributed by atoms with Gasteiger partial charge in [-0.05, 0) is 31.5 Å². The van der Waals surface area contributed by atoms with Gasteiger partial charge in [0.05, 0.1) is 29.6 Å². The third-order valence-corrected chi connectivity index (χ3v) is 9.56. The smallest absolute Gasteiger partial charge is 0.357 e. The van der Waals surface area contributed by atoms with Crippen LogP contribution in [0.1, 0.15) is 36.8 Å². The van der Waals surface area contributed by atoms with Crippen LogP contribution in [-0.2, 0) is 25.7 Å². The lowest BCUT2D eigenvalue weighted by molar-refractivity contribution is -0.384. The highest BCUT2D eigenvalue weighted by molar-refractivity contribution is 8.03. The maximum atomic E-state index is 13.3. The number of hydrogen-bond acceptors (Lipinski definition) is 12. The summed E-state index contributed by atoms with van der Waals surface area (Å²) in [5.74, 6) is -2.19. The molecule has 3 aliphatic heterocycles. The van der Waals surface area contributed by atoms with Crippen molar-refractivity contribution in [2.75, 3.05) is 24.6 Å². The lowest BCUT2D eigenvalue weighted by Crippen LogP contribution is -2.63. The van der Waals surface area contributed by atoms with Crippen LogP contribution in [0.2, 0.25) is 0 Å². The second kappa shape index (κ2) is 11.2. The van der Waals surface area contributed by atoms with Crippen LogP contribution in [0.15, 0.2) is 40.2 Å². The summed E-state index contributed by atoms with van der Waals surface area (Å²) < 4.78 is 10.6. The first-order valence-corrected chi connectivity index (χ1v) is 14.6. The molecule has 14 heteroatoms. The Morgan fingerprint density at radius 2 is 1.95 bits per heavy atom. The van der Waals surface area contributed by atoms with Crippen LogP contribution in [-0.4, -0.2) is 74.9 Å². The number of carbonyl (C=O) groups is 3. The second-order valence-corrected chi connectivity index (χ2v) is 12.0. The maximum absolute atomic E-state index is 13.3. The molecule has 212 valence electrons. The van der Waals surface area contributed by atoms with Gasteiger partial charge in [0.1, 0.15) is 12.3 Å². The number of carbonyl (C=O) groups excluding carboxylic acids is 3. The van der Waals surface area contributed by atoms with Gasteiger partial charge in [0, 0.05) is 46.7 Å². The van der Waals surface area contributed by atoms with Crippen molar-refractivity contribution in [2.24, 2.45) is 11.8 Å². The quantitative estimate of drug-likeness (QED) is 0.189. The number of β-lactam (4-membered cyclic amide) rings is 1. The molecule has 0 saturated carbocycles. The Balaban J connectivity index is 1.29. The number of benzene rings is 1. The number of aliphatic hydroxyl groups excluding tert-OH is 1. The zero-order chi connectivity index (χ0) is 28.7. The number of nitrogens with zero attached hydrogens (tertiary/aromatic N) is 4. The van der Waals surface area contributed by atoms with Crippen LogP contribution >= 0.6 is 23.1 Å². The molecule has 1 amide bonds. The van der Waals surface area contributed by atoms with Gasteiger partial charge in [0.15, 0.2) is 10.8 Å². The van der Waals surface area contributed by atoms with Gasteiger partial charge < -0.3 is 24.4 Å². The lowest BCUT2D eigenvalue weighted by atomic mass is 9.79. The fourth-order valence-electron chi connectivity index (χ4n) is 5.16. The van der Waals surface area contributed by atoms with Crippen LogP contribution in [0.25, 0.3) is 0 Å². The first-order valence-electron chi connectivity index (χ1n) is 12.8. The molecule has 0 unspecified atom stereocenters. The summed E-state index contributed by atoms with van der Waals surface area (Å²) in [6.07, 6.45) is -0.851. The molecule has 4 heterocycles. The van der Waals surface area contributed by atoms with Crippen molar-refractivity contribution in [1.29, 1.82) is 0 Å². The molecular weight excluding hydrogens is 560 g/mol. The number of fused-ring (bicyclic) bond motifs is 1. The summed E-state index contributed by atoms with van der Waals surface area (Å²) in [5.41, 5.74) is 0.982. The van der Waals surface area contributed by atoms with E-state index in [9.17, 15) is 29.6 Å². The van der Waals surface area contributed by atoms with Gasteiger partial charge in [0.2, 0.25) is 5.91 Å². The third kappa shape index (κ3) is 5.06. The molecule has 0 spiro atoms. The molecule has 3 aliphatic rings. The predicted molar refractivity (Wildman–Crippen MR) is 147 cm³/mol. The van der Waals surface area contributed by atoms with Gasteiger partial charge in [-0.3, -0.25) is 14.9 Å². The van der Waals surface area contributed by atoms with Crippen molar-refractivity contribution in [1.82, 2.24) is 9.88 Å². The SMILES string of the molecule is CCOC(=O)c1csc(N2CC(SC3=C(C(=O)OCc4ccc([N+](=O)[O-])cc4)N4C(=O)[C@H]([C@@H](C)O)[C@H]4[C@H]3C)C2)n1. The zero-order valence-electron chi connectivity index (χ0n) is 22.0. The van der Waals surface area contributed by atoms with Crippen molar-refractivity contribution in [3.05, 3.63) is 61.6 Å². The Morgan fingerprint density at radius 3 is 2.58 bits per heavy atom. The summed E-state index contributed by atoms with van der Waals surface area (Å²) in [5, 5.41) is 23.6. The number of aromatic nitrogens is 1. The van der Waals surface area contributed by atoms with Gasteiger partial charge in [-0.1, -0.05) is 6.92 Å². The van der Waals surface area contributed by atoms with Crippen LogP contribution in [0, 0.1) is 22.0 Å². The summed E-state index contributed by atoms with van der Waals surface area (Å²) in [7, 11) is 0. The van der Waals surface area contributed by atoms with Gasteiger partial charge in [-0.15, -0.1) is 23.1 Å². The monoisotopic (exact) mass is 588 g/mol. The number of ether oxygens (including phenoxy) is 2. The number of thiazole rings is 1. The summed E-state index contributed by atoms with van der Waals surface area (Å²) in [6.45, 7) is 6.70. The van der Waals surface area contributed by atoms with E-state index in [1.54, 1.807) is 19.2 Å². The first kappa shape index (κ1) is 28.1. The van der Waals surface area contributed by atoms with E-state index in [0.29, 0.717) is 23.8 Å². The molecule has 2 fully saturated rings. The van der Waals surface area contributed by atoms with E-state index >= 15 is 0 Å². The Hall–Kier alpha value is -3.49. The van der Waals surface area contributed by atoms with E-state index < -0.39 is 28.9 Å². The number of esters is 2. The largest absolute Gasteiger partial charge is 0.461 e. The molecule has 12 nitrogen and oxygen atoms in total. The first-order chi connectivity index (χ1) is 19.1. The van der Waals surface area contributed by atoms with Crippen molar-refractivity contribution in [3.63, 3.8) is 0 Å². The van der Waals surface area contributed by atoms with E-state index in [-0.39, 0.29) is 53.4 Å². The van der Waals surface area contributed by atoms with Gasteiger partial charge in [0.25, 0.3) is 5.69 Å². The third-order valence-electron chi connectivity index (χ3n) is 7.21. The summed E-state index contributed by atoms with van der Waals surface area (Å²) in [6, 6.07) is 5.37. The average Bonchev–Trinajstić information content (AvgIpc) is 3.46. The van der Waals surface area contributed by atoms with Crippen LogP contribution in [0.3, 0.4) is 0 Å². The molecular formula is C26H28N4O8S2. The highest BCUT2D eigenvalue weighted by Gasteiger charge is 2.60. The minimum atomic E-state index is -0.851. The molecule has 0 bridgehead atoms. The standard InChI is InChI=1S/C26H28N4O8S2/c1-4-37-24(33)18-12-39-26(27-18)28-9-17(10-28)40-22-13(2)20-19(14(3)31)23(32)29(20)21(22)25(34)38-11-15-5-7-16(8-6-15)30(35)36/h5-8,12-14,17,19-20,31H,4,9-11H2,1-3H3/t13-,14-,19-,20-/m1/s1. The van der Waals surface area contributed by atoms with Gasteiger partial charge in [-0.2, -0.15) is 0 Å². The number of anilines is 1. The molecule has 2 saturated heterocycles. The minimum Gasteiger partial charge on any atom is -0.461 e. The van der Waals surface area contributed by atoms with Crippen molar-refractivity contribution < 1.29 is 33.9 Å². The number of amides is 1. The van der Waals surface area contributed by atoms with E-state index in [4.69, 9.17) is 9.47 Å². The molecule has 4 atom stereocenters. The number of aliphatic hydroxyl groups is 1. The Bertz CT molecular complexity index is 1370. The molecule has 40 heavy (non-hydrogen) atoms. The van der Waals surface area contributed by atoms with Gasteiger partial charge >= 0.3 is 11.9 Å². The molecule has 1 N–H and O–H groups in total. The lowest BCUT2D eigenvalue weighted by Gasteiger charge is -2.46. The normalized spacial score (nSPS) is 22.9. The van der Waals surface area contributed by atoms with Gasteiger partial charge in [-0.25, -0.2) is 14.6 Å². The molecule has 0 aliphatic carbocycles. The Morgan fingerprint density at radius 1 is 1.25 bits per heavy atom. The van der Waals surface area contributed by atoms with Crippen LogP contribution < -0.4 is 4.90 Å². The molecule has 0 radical (unpaired) electrons. The minimum absolute atomic E-state index is 0.0660. The van der Waals surface area contributed by atoms with E-state index in [1.807, 2.05) is 11.8 Å². The van der Waals surface area contributed by atoms with Crippen LogP contribution in [0.5, 0.6) is 0 Å². The Labute approximate surface area is 238 Å². The van der Waals surface area contributed by atoms with Crippen molar-refractivity contribution in [3.8, 4) is 0 Å². The summed E-state index contributed by atoms with van der Waals surface area (Å²) >= 11 is 2.88. The van der Waals surface area contributed by atoms with E-state index in [2.05, 4.69) is 4.98 Å². The fraction of sp³-hybridized carbons (Fsp3) is 0.462. The second-order valence-electron chi connectivity index (χ2n) is 9.85. The number of non-ortho nitro benzene ring substituents is 1. The van der Waals surface area contributed by atoms with E-state index in [0.717, 1.165) is 4.91 Å². The van der Waals surface area contributed by atoms with Crippen molar-refractivity contribution >= 4 is 51.8 Å². The summed E-state index contributed by atoms with van der Waals surface area (Å²) in [4.78, 5) is 57.3. The van der Waals surface area contributed by atoms with Crippen LogP contribution in [0.4, 0.5) is 10.8 Å². The maximum Gasteiger partial charge on any atom is 0.357 e. The molecule has 5 rings (SSSR count). The van der Waals surface area contributed by atoms with E-state index in [1.165, 1.54) is 52.3 Å². The van der Waals surface area contributed by atoms with Crippen molar-refractivity contribution in [2.45, 2.75) is 44.8 Å². The number of rotatable bonds is 10. The fourth-order valence-corrected chi connectivity index (χ4v) is 7.49. The molecule has 1 aromatic carbocycles. The predicted octanol–water partition coefficient (Wildman–Crippen LogP) is 2.96. The number of nitro groups is 1. The average molecular weight is 589 g/mol. The molecule has 1 aromatic heterocycles. The number of hydrogen-bond donors (Lipinski definition) is 1.